The van der Waals surface area contributed by atoms with E-state index < -0.39 is 23.8 Å². The van der Waals surface area contributed by atoms with E-state index in [0.717, 1.165) is 4.90 Å². The molecule has 0 fully saturated rings. The molecule has 0 radical (unpaired) electrons. The Bertz CT molecular complexity index is 1420. The summed E-state index contributed by atoms with van der Waals surface area (Å²) in [5, 5.41) is 3.09. The highest BCUT2D eigenvalue weighted by Crippen LogP contribution is 2.31. The number of rotatable bonds is 6. The molecule has 182 valence electrons. The Hall–Kier alpha value is -3.85. The second-order valence-electron chi connectivity index (χ2n) is 7.34. The summed E-state index contributed by atoms with van der Waals surface area (Å²) in [5.74, 6) is -2.47. The maximum Gasteiger partial charge on any atom is 0.343 e. The van der Waals surface area contributed by atoms with E-state index in [4.69, 9.17) is 39.5 Å². The summed E-state index contributed by atoms with van der Waals surface area (Å²) >= 11 is 18.0. The van der Waals surface area contributed by atoms with Gasteiger partial charge in [0.1, 0.15) is 16.5 Å². The zero-order chi connectivity index (χ0) is 26.0. The quantitative estimate of drug-likeness (QED) is 0.250. The first-order valence-electron chi connectivity index (χ1n) is 10.2. The van der Waals surface area contributed by atoms with E-state index in [1.807, 2.05) is 0 Å². The summed E-state index contributed by atoms with van der Waals surface area (Å²) in [6.07, 6.45) is 0. The van der Waals surface area contributed by atoms with Crippen LogP contribution in [0.1, 0.15) is 20.7 Å². The van der Waals surface area contributed by atoms with Gasteiger partial charge in [0.25, 0.3) is 11.8 Å². The maximum atomic E-state index is 13.0. The second-order valence-corrected chi connectivity index (χ2v) is 8.56. The van der Waals surface area contributed by atoms with E-state index in [1.165, 1.54) is 73.8 Å². The summed E-state index contributed by atoms with van der Waals surface area (Å²) in [5.41, 5.74) is 0.962. The molecule has 0 saturated carbocycles. The van der Waals surface area contributed by atoms with Crippen LogP contribution in [0.5, 0.6) is 5.75 Å². The molecule has 4 rings (SSSR count). The number of anilines is 2. The molecule has 11 heteroatoms. The van der Waals surface area contributed by atoms with Gasteiger partial charge in [-0.1, -0.05) is 34.8 Å². The predicted molar refractivity (Wildman–Crippen MR) is 135 cm³/mol. The molecule has 2 amide bonds. The maximum absolute atomic E-state index is 13.0. The van der Waals surface area contributed by atoms with Gasteiger partial charge in [-0.05, 0) is 66.7 Å². The van der Waals surface area contributed by atoms with Crippen molar-refractivity contribution in [3.8, 4) is 5.75 Å². The topological polar surface area (TPSA) is 102 Å². The van der Waals surface area contributed by atoms with Gasteiger partial charge in [-0.15, -0.1) is 0 Å². The monoisotopic (exact) mass is 544 g/mol. The van der Waals surface area contributed by atoms with E-state index in [9.17, 15) is 19.2 Å². The van der Waals surface area contributed by atoms with Crippen LogP contribution < -0.4 is 15.0 Å². The van der Waals surface area contributed by atoms with Crippen molar-refractivity contribution in [1.29, 1.82) is 0 Å². The van der Waals surface area contributed by atoms with Gasteiger partial charge in [-0.25, -0.2) is 14.5 Å². The number of ether oxygens (including phenoxy) is 2. The number of hydrogen-bond donors (Lipinski definition) is 1. The Morgan fingerprint density at radius 3 is 2.03 bits per heavy atom. The zero-order valence-electron chi connectivity index (χ0n) is 18.4. The lowest BCUT2D eigenvalue weighted by Crippen LogP contribution is -2.32. The van der Waals surface area contributed by atoms with Crippen LogP contribution in [0.25, 0.3) is 0 Å². The van der Waals surface area contributed by atoms with Gasteiger partial charge < -0.3 is 14.8 Å². The van der Waals surface area contributed by atoms with Gasteiger partial charge in [0.15, 0.2) is 0 Å². The lowest BCUT2D eigenvalue weighted by Gasteiger charge is -2.15. The molecule has 0 aromatic heterocycles. The van der Waals surface area contributed by atoms with E-state index in [2.05, 4.69) is 10.1 Å². The van der Waals surface area contributed by atoms with Gasteiger partial charge >= 0.3 is 11.9 Å². The fraction of sp³-hybridized carbons (Fsp3) is 0.0400. The third-order valence-electron chi connectivity index (χ3n) is 5.06. The highest BCUT2D eigenvalue weighted by molar-refractivity contribution is 6.53. The molecule has 1 aliphatic rings. The Balaban J connectivity index is 1.47. The SMILES string of the molecule is COC(=O)c1ccc(N2C(=O)C(Cl)=C(Nc3ccc(C(=O)Oc4ccc(Cl)cc4Cl)cc3)C2=O)cc1. The Morgan fingerprint density at radius 2 is 1.42 bits per heavy atom. The zero-order valence-corrected chi connectivity index (χ0v) is 20.6. The smallest absolute Gasteiger partial charge is 0.343 e. The van der Waals surface area contributed by atoms with Crippen LogP contribution in [0.2, 0.25) is 10.0 Å². The number of benzene rings is 3. The molecule has 0 spiro atoms. The lowest BCUT2D eigenvalue weighted by atomic mass is 10.2. The van der Waals surface area contributed by atoms with Crippen molar-refractivity contribution in [2.75, 3.05) is 17.3 Å². The van der Waals surface area contributed by atoms with Crippen molar-refractivity contribution in [3.05, 3.63) is 98.6 Å². The third-order valence-corrected chi connectivity index (χ3v) is 5.94. The number of hydrogen-bond acceptors (Lipinski definition) is 7. The van der Waals surface area contributed by atoms with Crippen LogP contribution in [-0.4, -0.2) is 30.9 Å². The van der Waals surface area contributed by atoms with Crippen LogP contribution in [0.3, 0.4) is 0 Å². The second kappa shape index (κ2) is 10.4. The number of nitrogens with zero attached hydrogens (tertiary/aromatic N) is 1. The molecule has 1 N–H and O–H groups in total. The molecule has 3 aromatic carbocycles. The number of nitrogens with one attached hydrogen (secondary N) is 1. The number of esters is 2. The molecule has 1 aliphatic heterocycles. The van der Waals surface area contributed by atoms with E-state index in [0.29, 0.717) is 10.7 Å². The van der Waals surface area contributed by atoms with Crippen LogP contribution in [-0.2, 0) is 14.3 Å². The molecule has 3 aromatic rings. The van der Waals surface area contributed by atoms with E-state index in [-0.39, 0.29) is 38.3 Å². The van der Waals surface area contributed by atoms with Crippen molar-refractivity contribution in [2.45, 2.75) is 0 Å². The number of halogens is 3. The molecule has 0 atom stereocenters. The fourth-order valence-electron chi connectivity index (χ4n) is 3.26. The summed E-state index contributed by atoms with van der Waals surface area (Å²) in [4.78, 5) is 50.6. The van der Waals surface area contributed by atoms with Gasteiger partial charge in [-0.3, -0.25) is 9.59 Å². The Morgan fingerprint density at radius 1 is 0.806 bits per heavy atom. The summed E-state index contributed by atoms with van der Waals surface area (Å²) in [6.45, 7) is 0. The molecule has 36 heavy (non-hydrogen) atoms. The minimum absolute atomic E-state index is 0.137. The number of methoxy groups -OCH3 is 1. The standard InChI is InChI=1S/C25H15Cl3N2O6/c1-35-24(33)13-4-9-17(10-5-13)30-22(31)20(28)21(23(30)32)29-16-7-2-14(3-8-16)25(34)36-19-11-6-15(26)12-18(19)27/h2-12,29H,1H3. The fourth-order valence-corrected chi connectivity index (χ4v) is 3.92. The number of amides is 2. The van der Waals surface area contributed by atoms with Crippen LogP contribution in [0, 0.1) is 0 Å². The van der Waals surface area contributed by atoms with Gasteiger partial charge in [0, 0.05) is 10.7 Å². The number of imide groups is 1. The summed E-state index contributed by atoms with van der Waals surface area (Å²) in [6, 6.07) is 16.2. The Labute approximate surface area is 219 Å². The predicted octanol–water partition coefficient (Wildman–Crippen LogP) is 5.43. The van der Waals surface area contributed by atoms with Crippen LogP contribution in [0.15, 0.2) is 77.5 Å². The number of carbonyl (C=O) groups is 4. The van der Waals surface area contributed by atoms with Crippen molar-refractivity contribution in [3.63, 3.8) is 0 Å². The molecule has 0 aliphatic carbocycles. The first-order chi connectivity index (χ1) is 17.2. The molecule has 1 heterocycles. The minimum Gasteiger partial charge on any atom is -0.465 e. The minimum atomic E-state index is -0.727. The summed E-state index contributed by atoms with van der Waals surface area (Å²) < 4.78 is 9.93. The van der Waals surface area contributed by atoms with Gasteiger partial charge in [0.2, 0.25) is 0 Å². The first-order valence-corrected chi connectivity index (χ1v) is 11.3. The average molecular weight is 546 g/mol. The molecule has 0 bridgehead atoms. The van der Waals surface area contributed by atoms with Crippen molar-refractivity contribution in [2.24, 2.45) is 0 Å². The molecule has 0 saturated heterocycles. The molecule has 8 nitrogen and oxygen atoms in total. The molecular weight excluding hydrogens is 531 g/mol. The Kier molecular flexibility index (Phi) is 7.30. The van der Waals surface area contributed by atoms with Crippen molar-refractivity contribution >= 4 is 69.9 Å². The average Bonchev–Trinajstić information content (AvgIpc) is 3.08. The largest absolute Gasteiger partial charge is 0.465 e. The number of carbonyl (C=O) groups excluding carboxylic acids is 4. The normalized spacial score (nSPS) is 13.2. The lowest BCUT2D eigenvalue weighted by molar-refractivity contribution is -0.120. The van der Waals surface area contributed by atoms with Gasteiger partial charge in [0.05, 0.1) is 28.9 Å². The molecular formula is C25H15Cl3N2O6. The van der Waals surface area contributed by atoms with Crippen LogP contribution in [0.4, 0.5) is 11.4 Å². The summed E-state index contributed by atoms with van der Waals surface area (Å²) in [7, 11) is 1.25. The van der Waals surface area contributed by atoms with Crippen molar-refractivity contribution < 1.29 is 28.7 Å². The third kappa shape index (κ3) is 5.06. The highest BCUT2D eigenvalue weighted by Gasteiger charge is 2.39. The van der Waals surface area contributed by atoms with E-state index in [1.54, 1.807) is 0 Å². The first kappa shape index (κ1) is 25.2. The van der Waals surface area contributed by atoms with Crippen LogP contribution >= 0.6 is 34.8 Å². The van der Waals surface area contributed by atoms with Crippen molar-refractivity contribution in [1.82, 2.24) is 0 Å². The highest BCUT2D eigenvalue weighted by atomic mass is 35.5. The van der Waals surface area contributed by atoms with E-state index >= 15 is 0 Å². The van der Waals surface area contributed by atoms with Gasteiger partial charge in [-0.2, -0.15) is 0 Å². The molecule has 0 unspecified atom stereocenters.